The summed E-state index contributed by atoms with van der Waals surface area (Å²) in [6.45, 7) is 8.12. The van der Waals surface area contributed by atoms with Crippen LogP contribution in [0.15, 0.2) is 30.3 Å². The average molecular weight is 353 g/mol. The van der Waals surface area contributed by atoms with Crippen molar-refractivity contribution in [3.05, 3.63) is 41.9 Å². The summed E-state index contributed by atoms with van der Waals surface area (Å²) in [7, 11) is 0. The first-order valence-electron chi connectivity index (χ1n) is 8.93. The first-order chi connectivity index (χ1) is 12.2. The molecule has 1 aliphatic heterocycles. The molecule has 0 unspecified atom stereocenters. The molecule has 1 fully saturated rings. The summed E-state index contributed by atoms with van der Waals surface area (Å²) in [6, 6.07) is 10.8. The molecule has 0 N–H and O–H groups in total. The largest absolute Gasteiger partial charge is 0.367 e. The van der Waals surface area contributed by atoms with Crippen LogP contribution in [0, 0.1) is 6.92 Å². The van der Waals surface area contributed by atoms with Crippen molar-refractivity contribution in [1.29, 1.82) is 0 Å². The third-order valence-corrected chi connectivity index (χ3v) is 5.53. The number of aryl methyl sites for hydroxylation is 2. The van der Waals surface area contributed by atoms with E-state index in [0.29, 0.717) is 0 Å². The molecular weight excluding hydrogens is 330 g/mol. The number of nitrogens with zero attached hydrogens (tertiary/aromatic N) is 5. The molecule has 0 saturated carbocycles. The van der Waals surface area contributed by atoms with Crippen LogP contribution in [0.5, 0.6) is 0 Å². The molecule has 1 aromatic carbocycles. The molecule has 3 aromatic rings. The number of aromatic nitrogens is 3. The maximum atomic E-state index is 4.83. The van der Waals surface area contributed by atoms with Gasteiger partial charge >= 0.3 is 0 Å². The fourth-order valence-corrected chi connectivity index (χ4v) is 4.13. The molecule has 130 valence electrons. The Morgan fingerprint density at radius 3 is 2.52 bits per heavy atom. The molecule has 0 atom stereocenters. The summed E-state index contributed by atoms with van der Waals surface area (Å²) in [5, 5.41) is 2.30. The van der Waals surface area contributed by atoms with Crippen molar-refractivity contribution >= 4 is 33.3 Å². The quantitative estimate of drug-likeness (QED) is 0.716. The van der Waals surface area contributed by atoms with Gasteiger partial charge in [-0.1, -0.05) is 31.5 Å². The molecule has 3 heterocycles. The summed E-state index contributed by atoms with van der Waals surface area (Å²) in [6.07, 6.45) is 2.15. The molecule has 5 nitrogen and oxygen atoms in total. The number of hydrogen-bond acceptors (Lipinski definition) is 6. The van der Waals surface area contributed by atoms with Crippen molar-refractivity contribution in [3.63, 3.8) is 0 Å². The first-order valence-corrected chi connectivity index (χ1v) is 9.71. The van der Waals surface area contributed by atoms with E-state index in [9.17, 15) is 0 Å². The highest BCUT2D eigenvalue weighted by atomic mass is 32.1. The molecule has 0 spiro atoms. The van der Waals surface area contributed by atoms with E-state index in [0.717, 1.165) is 55.5 Å². The Morgan fingerprint density at radius 2 is 1.80 bits per heavy atom. The molecule has 0 radical (unpaired) electrons. The number of fused-ring (bicyclic) bond motifs is 1. The molecule has 1 aliphatic rings. The van der Waals surface area contributed by atoms with Crippen molar-refractivity contribution in [2.45, 2.75) is 26.7 Å². The zero-order valence-corrected chi connectivity index (χ0v) is 15.6. The van der Waals surface area contributed by atoms with Crippen LogP contribution in [0.1, 0.15) is 24.9 Å². The summed E-state index contributed by atoms with van der Waals surface area (Å²) in [4.78, 5) is 14.2. The summed E-state index contributed by atoms with van der Waals surface area (Å²) < 4.78 is 4.31. The predicted octanol–water partition coefficient (Wildman–Crippen LogP) is 3.67. The second-order valence-electron chi connectivity index (χ2n) is 6.50. The Balaban J connectivity index is 1.59. The second kappa shape index (κ2) is 6.96. The van der Waals surface area contributed by atoms with Gasteiger partial charge < -0.3 is 9.80 Å². The van der Waals surface area contributed by atoms with Gasteiger partial charge in [-0.25, -0.2) is 4.98 Å². The Hall–Kier alpha value is -2.21. The smallest absolute Gasteiger partial charge is 0.205 e. The Kier molecular flexibility index (Phi) is 4.53. The van der Waals surface area contributed by atoms with Crippen molar-refractivity contribution in [3.8, 4) is 0 Å². The van der Waals surface area contributed by atoms with Crippen LogP contribution in [-0.4, -0.2) is 40.5 Å². The number of hydrogen-bond donors (Lipinski definition) is 0. The van der Waals surface area contributed by atoms with Crippen molar-refractivity contribution in [1.82, 2.24) is 14.3 Å². The van der Waals surface area contributed by atoms with Gasteiger partial charge in [0.2, 0.25) is 5.13 Å². The lowest BCUT2D eigenvalue weighted by Gasteiger charge is -2.36. The predicted molar refractivity (Wildman–Crippen MR) is 105 cm³/mol. The van der Waals surface area contributed by atoms with Gasteiger partial charge in [0.1, 0.15) is 5.82 Å². The third kappa shape index (κ3) is 3.31. The summed E-state index contributed by atoms with van der Waals surface area (Å²) >= 11 is 1.50. The Morgan fingerprint density at radius 1 is 1.04 bits per heavy atom. The van der Waals surface area contributed by atoms with Crippen LogP contribution in [0.3, 0.4) is 0 Å². The van der Waals surface area contributed by atoms with Gasteiger partial charge in [-0.3, -0.25) is 4.98 Å². The molecule has 6 heteroatoms. The molecule has 4 rings (SSSR count). The van der Waals surface area contributed by atoms with Gasteiger partial charge in [0.25, 0.3) is 0 Å². The lowest BCUT2D eigenvalue weighted by Crippen LogP contribution is -2.46. The monoisotopic (exact) mass is 353 g/mol. The number of benzene rings is 1. The molecule has 0 aliphatic carbocycles. The minimum Gasteiger partial charge on any atom is -0.367 e. The fourth-order valence-electron chi connectivity index (χ4n) is 3.41. The topological polar surface area (TPSA) is 45.2 Å². The highest BCUT2D eigenvalue weighted by Crippen LogP contribution is 2.29. The minimum absolute atomic E-state index is 0.867. The van der Waals surface area contributed by atoms with E-state index in [2.05, 4.69) is 56.4 Å². The number of rotatable bonds is 4. The van der Waals surface area contributed by atoms with Crippen molar-refractivity contribution < 1.29 is 0 Å². The summed E-state index contributed by atoms with van der Waals surface area (Å²) in [5.74, 6) is 0.867. The molecule has 25 heavy (non-hydrogen) atoms. The zero-order valence-electron chi connectivity index (χ0n) is 14.8. The highest BCUT2D eigenvalue weighted by Gasteiger charge is 2.21. The third-order valence-electron chi connectivity index (χ3n) is 4.66. The molecule has 2 aromatic heterocycles. The standard InChI is InChI=1S/C19H23N5S/c1-3-6-15-13-18(16-7-4-5-8-17(16)21-15)23-9-11-24(12-10-23)19-20-14(2)22-25-19/h4-5,7-8,13H,3,6,9-12H2,1-2H3. The molecule has 1 saturated heterocycles. The number of pyridine rings is 1. The molecule has 0 bridgehead atoms. The van der Waals surface area contributed by atoms with Crippen LogP contribution >= 0.6 is 11.5 Å². The van der Waals surface area contributed by atoms with Gasteiger partial charge in [-0.2, -0.15) is 4.37 Å². The van der Waals surface area contributed by atoms with Crippen LogP contribution in [0.25, 0.3) is 10.9 Å². The second-order valence-corrected chi connectivity index (χ2v) is 7.23. The maximum Gasteiger partial charge on any atom is 0.205 e. The highest BCUT2D eigenvalue weighted by molar-refractivity contribution is 7.09. The number of piperazine rings is 1. The minimum atomic E-state index is 0.867. The van der Waals surface area contributed by atoms with E-state index in [1.54, 1.807) is 0 Å². The van der Waals surface area contributed by atoms with Crippen molar-refractivity contribution in [2.24, 2.45) is 0 Å². The maximum absolute atomic E-state index is 4.83. The van der Waals surface area contributed by atoms with E-state index in [1.165, 1.54) is 28.3 Å². The van der Waals surface area contributed by atoms with Crippen LogP contribution < -0.4 is 9.80 Å². The lowest BCUT2D eigenvalue weighted by molar-refractivity contribution is 0.652. The van der Waals surface area contributed by atoms with Crippen molar-refractivity contribution in [2.75, 3.05) is 36.0 Å². The SMILES string of the molecule is CCCc1cc(N2CCN(c3nc(C)ns3)CC2)c2ccccc2n1. The average Bonchev–Trinajstić information content (AvgIpc) is 3.08. The van der Waals surface area contributed by atoms with Gasteiger partial charge in [0.15, 0.2) is 0 Å². The van der Waals surface area contributed by atoms with Gasteiger partial charge in [-0.05, 0) is 25.5 Å². The van der Waals surface area contributed by atoms with Gasteiger partial charge in [0.05, 0.1) is 5.52 Å². The Bertz CT molecular complexity index is 867. The number of anilines is 2. The summed E-state index contributed by atoms with van der Waals surface area (Å²) in [5.41, 5.74) is 3.62. The Labute approximate surface area is 152 Å². The molecule has 0 amide bonds. The van der Waals surface area contributed by atoms with E-state index in [4.69, 9.17) is 4.98 Å². The number of para-hydroxylation sites is 1. The van der Waals surface area contributed by atoms with E-state index in [1.807, 2.05) is 6.92 Å². The van der Waals surface area contributed by atoms with Crippen LogP contribution in [0.4, 0.5) is 10.8 Å². The first kappa shape index (κ1) is 16.3. The fraction of sp³-hybridized carbons (Fsp3) is 0.421. The van der Waals surface area contributed by atoms with E-state index >= 15 is 0 Å². The van der Waals surface area contributed by atoms with Gasteiger partial charge in [-0.15, -0.1) is 0 Å². The van der Waals surface area contributed by atoms with E-state index < -0.39 is 0 Å². The van der Waals surface area contributed by atoms with Crippen LogP contribution in [0.2, 0.25) is 0 Å². The lowest BCUT2D eigenvalue weighted by atomic mass is 10.1. The van der Waals surface area contributed by atoms with Crippen LogP contribution in [-0.2, 0) is 6.42 Å². The normalized spacial score (nSPS) is 15.1. The van der Waals surface area contributed by atoms with Gasteiger partial charge in [0, 0.05) is 54.5 Å². The van der Waals surface area contributed by atoms with E-state index in [-0.39, 0.29) is 0 Å². The molecular formula is C19H23N5S. The zero-order chi connectivity index (χ0) is 17.2.